The van der Waals surface area contributed by atoms with Crippen LogP contribution < -0.4 is 14.8 Å². The average molecular weight is 201 g/mol. The van der Waals surface area contributed by atoms with Gasteiger partial charge in [0, 0.05) is 10.1 Å². The molecule has 1 aliphatic heterocycles. The molecule has 0 aliphatic carbocycles. The lowest BCUT2D eigenvalue weighted by molar-refractivity contribution is 0.174. The van der Waals surface area contributed by atoms with Gasteiger partial charge in [0.15, 0.2) is 11.5 Å². The van der Waals surface area contributed by atoms with E-state index >= 15 is 0 Å². The van der Waals surface area contributed by atoms with Gasteiger partial charge in [0.05, 0.1) is 4.11 Å². The first-order chi connectivity index (χ1) is 9.85. The van der Waals surface area contributed by atoms with Crippen molar-refractivity contribution in [2.45, 2.75) is 19.3 Å². The summed E-state index contributed by atoms with van der Waals surface area (Å²) in [6, 6.07) is -3.70. The van der Waals surface area contributed by atoms with Gasteiger partial charge < -0.3 is 14.8 Å². The predicted octanol–water partition coefficient (Wildman–Crippen LogP) is 1.57. The largest absolute Gasteiger partial charge is 0.454 e. The minimum atomic E-state index is -2.58. The summed E-state index contributed by atoms with van der Waals surface area (Å²) in [5.74, 6) is -0.840. The average Bonchev–Trinajstić information content (AvgIpc) is 2.72. The van der Waals surface area contributed by atoms with Crippen LogP contribution in [-0.2, 0) is 6.37 Å². The van der Waals surface area contributed by atoms with Gasteiger partial charge in [-0.3, -0.25) is 0 Å². The summed E-state index contributed by atoms with van der Waals surface area (Å²) in [6.45, 7) is -1.35. The van der Waals surface area contributed by atoms with Crippen LogP contribution in [0.15, 0.2) is 18.1 Å². The third-order valence-corrected chi connectivity index (χ3v) is 1.72. The molecule has 0 bridgehead atoms. The second-order valence-corrected chi connectivity index (χ2v) is 2.70. The maximum Gasteiger partial charge on any atom is 0.231 e. The Morgan fingerprint density at radius 2 is 2.50 bits per heavy atom. The van der Waals surface area contributed by atoms with Crippen molar-refractivity contribution < 1.29 is 20.4 Å². The van der Waals surface area contributed by atoms with Crippen LogP contribution >= 0.6 is 0 Å². The molecule has 2 rings (SSSR count). The molecule has 3 heteroatoms. The SMILES string of the molecule is [2H]c1c([2H])c(C([2H])([2H])C([2H])(C)NC)c([2H])c2c1OC([2H])([2H])O2. The van der Waals surface area contributed by atoms with Gasteiger partial charge in [-0.05, 0) is 38.0 Å². The minimum Gasteiger partial charge on any atom is -0.454 e. The zero-order valence-electron chi connectivity index (χ0n) is 15.8. The van der Waals surface area contributed by atoms with E-state index in [1.807, 2.05) is 0 Å². The monoisotopic (exact) mass is 201 g/mol. The van der Waals surface area contributed by atoms with E-state index in [-0.39, 0.29) is 0 Å². The summed E-state index contributed by atoms with van der Waals surface area (Å²) in [6.07, 6.45) is -2.50. The van der Waals surface area contributed by atoms with E-state index in [4.69, 9.17) is 20.4 Å². The summed E-state index contributed by atoms with van der Waals surface area (Å²) < 4.78 is 72.3. The third kappa shape index (κ3) is 1.82. The van der Waals surface area contributed by atoms with Crippen LogP contribution in [0.5, 0.6) is 11.5 Å². The number of nitrogens with one attached hydrogen (secondary N) is 1. The number of hydrogen-bond donors (Lipinski definition) is 1. The quantitative estimate of drug-likeness (QED) is 0.805. The van der Waals surface area contributed by atoms with Crippen LogP contribution in [0.2, 0.25) is 0 Å². The fourth-order valence-corrected chi connectivity index (χ4v) is 0.938. The van der Waals surface area contributed by atoms with Gasteiger partial charge in [-0.15, -0.1) is 0 Å². The van der Waals surface area contributed by atoms with Gasteiger partial charge >= 0.3 is 0 Å². The normalized spacial score (nSPS) is 30.7. The first-order valence-electron chi connectivity index (χ1n) is 8.07. The van der Waals surface area contributed by atoms with Crippen LogP contribution in [0.4, 0.5) is 0 Å². The predicted molar refractivity (Wildman–Crippen MR) is 54.8 cm³/mol. The van der Waals surface area contributed by atoms with Gasteiger partial charge in [0.1, 0.15) is 2.74 Å². The summed E-state index contributed by atoms with van der Waals surface area (Å²) in [5.41, 5.74) is -0.524. The first-order valence-corrected chi connectivity index (χ1v) is 4.07. The van der Waals surface area contributed by atoms with Gasteiger partial charge in [0.25, 0.3) is 0 Å². The molecule has 0 aromatic heterocycles. The maximum atomic E-state index is 8.11. The molecule has 0 radical (unpaired) electrons. The van der Waals surface area contributed by atoms with Crippen molar-refractivity contribution >= 4 is 0 Å². The summed E-state index contributed by atoms with van der Waals surface area (Å²) in [5, 5.41) is 2.46. The van der Waals surface area contributed by atoms with E-state index in [9.17, 15) is 0 Å². The van der Waals surface area contributed by atoms with E-state index in [2.05, 4.69) is 5.32 Å². The highest BCUT2D eigenvalue weighted by atomic mass is 16.7. The smallest absolute Gasteiger partial charge is 0.231 e. The number of hydrogen-bond acceptors (Lipinski definition) is 3. The standard InChI is InChI=1S/C11H15NO2/c1-8(12-2)5-9-3-4-10-11(6-9)14-7-13-10/h3-4,6,8,12H,5,7H2,1-2H3/i3D,4D,5D2,6D,7D2,8D. The Morgan fingerprint density at radius 1 is 1.71 bits per heavy atom. The van der Waals surface area contributed by atoms with E-state index in [0.29, 0.717) is 0 Å². The molecule has 76 valence electrons. The van der Waals surface area contributed by atoms with E-state index in [0.717, 1.165) is 0 Å². The minimum absolute atomic E-state index is 0.407. The Bertz CT molecular complexity index is 631. The third-order valence-electron chi connectivity index (χ3n) is 1.72. The summed E-state index contributed by atoms with van der Waals surface area (Å²) >= 11 is 0. The molecular weight excluding hydrogens is 178 g/mol. The van der Waals surface area contributed by atoms with Crippen LogP contribution in [0.3, 0.4) is 0 Å². The lowest BCUT2D eigenvalue weighted by Crippen LogP contribution is -2.23. The van der Waals surface area contributed by atoms with Crippen molar-refractivity contribution in [1.29, 1.82) is 0 Å². The molecular formula is C11H15NO2. The topological polar surface area (TPSA) is 30.5 Å². The molecule has 0 fully saturated rings. The number of benzene rings is 1. The number of ether oxygens (including phenoxy) is 2. The lowest BCUT2D eigenvalue weighted by Gasteiger charge is -2.09. The fourth-order valence-electron chi connectivity index (χ4n) is 0.938. The Balaban J connectivity index is 2.74. The van der Waals surface area contributed by atoms with Crippen LogP contribution in [0, 0.1) is 0 Å². The molecule has 0 amide bonds. The van der Waals surface area contributed by atoms with Crippen molar-refractivity contribution in [3.8, 4) is 11.5 Å². The zero-order chi connectivity index (χ0) is 17.1. The Kier molecular flexibility index (Phi) is 1.04. The number of fused-ring (bicyclic) bond motifs is 1. The molecule has 1 aliphatic rings. The van der Waals surface area contributed by atoms with Gasteiger partial charge in [0.2, 0.25) is 6.75 Å². The van der Waals surface area contributed by atoms with Gasteiger partial charge in [-0.25, -0.2) is 0 Å². The first kappa shape index (κ1) is 3.74. The van der Waals surface area contributed by atoms with E-state index < -0.39 is 54.3 Å². The molecule has 0 saturated heterocycles. The highest BCUT2D eigenvalue weighted by Gasteiger charge is 2.13. The van der Waals surface area contributed by atoms with E-state index in [1.54, 1.807) is 0 Å². The van der Waals surface area contributed by atoms with Crippen LogP contribution in [-0.4, -0.2) is 19.8 Å². The summed E-state index contributed by atoms with van der Waals surface area (Å²) in [4.78, 5) is 0. The van der Waals surface area contributed by atoms with E-state index in [1.165, 1.54) is 14.0 Å². The highest BCUT2D eigenvalue weighted by molar-refractivity contribution is 5.44. The molecule has 1 unspecified atom stereocenters. The molecule has 1 heterocycles. The number of rotatable bonds is 3. The second kappa shape index (κ2) is 3.88. The fraction of sp³-hybridized carbons (Fsp3) is 0.455. The van der Waals surface area contributed by atoms with Crippen LogP contribution in [0.1, 0.15) is 23.5 Å². The molecule has 14 heavy (non-hydrogen) atoms. The van der Waals surface area contributed by atoms with Crippen molar-refractivity contribution in [1.82, 2.24) is 5.32 Å². The molecule has 0 saturated carbocycles. The van der Waals surface area contributed by atoms with Crippen molar-refractivity contribution in [2.24, 2.45) is 0 Å². The number of likely N-dealkylation sites (N-methyl/N-ethyl adjacent to an activating group) is 1. The summed E-state index contributed by atoms with van der Waals surface area (Å²) in [7, 11) is 1.37. The van der Waals surface area contributed by atoms with Crippen molar-refractivity contribution in [3.05, 3.63) is 23.7 Å². The molecule has 1 aromatic carbocycles. The Hall–Kier alpha value is -1.22. The molecule has 0 spiro atoms. The Labute approximate surface area is 95.3 Å². The lowest BCUT2D eigenvalue weighted by atomic mass is 10.1. The second-order valence-electron chi connectivity index (χ2n) is 2.70. The highest BCUT2D eigenvalue weighted by Crippen LogP contribution is 2.32. The maximum absolute atomic E-state index is 8.11. The van der Waals surface area contributed by atoms with Crippen LogP contribution in [0.25, 0.3) is 0 Å². The van der Waals surface area contributed by atoms with Crippen molar-refractivity contribution in [2.75, 3.05) is 13.8 Å². The van der Waals surface area contributed by atoms with Gasteiger partial charge in [-0.1, -0.05) is 6.04 Å². The molecule has 1 aromatic rings. The molecule has 1 atom stereocenters. The molecule has 3 nitrogen and oxygen atoms in total. The Morgan fingerprint density at radius 3 is 3.29 bits per heavy atom. The zero-order valence-corrected chi connectivity index (χ0v) is 7.82. The molecule has 1 N–H and O–H groups in total. The van der Waals surface area contributed by atoms with Gasteiger partial charge in [-0.2, -0.15) is 0 Å². The van der Waals surface area contributed by atoms with Crippen molar-refractivity contribution in [3.63, 3.8) is 0 Å².